The lowest BCUT2D eigenvalue weighted by molar-refractivity contribution is -0.135. The standard InChI is InChI=1S/C17H14ClFN2O2/c1-17(16(22)20-12-6-4-5-11(19)9-12)10-15(21-23-17)13-7-2-3-8-14(13)18/h2-9H,10H2,1H3,(H,20,22)/t17-/m1/s1. The number of benzene rings is 2. The van der Waals surface area contributed by atoms with Gasteiger partial charge in [0.25, 0.3) is 5.91 Å². The molecule has 0 aromatic heterocycles. The second-order valence-electron chi connectivity index (χ2n) is 5.48. The molecule has 118 valence electrons. The van der Waals surface area contributed by atoms with Gasteiger partial charge < -0.3 is 10.2 Å². The molecule has 0 spiro atoms. The number of hydrogen-bond donors (Lipinski definition) is 1. The quantitative estimate of drug-likeness (QED) is 0.923. The van der Waals surface area contributed by atoms with Crippen molar-refractivity contribution >= 4 is 28.9 Å². The maximum atomic E-state index is 13.2. The summed E-state index contributed by atoms with van der Waals surface area (Å²) in [5.41, 5.74) is 0.538. The third kappa shape index (κ3) is 3.19. The molecule has 0 unspecified atom stereocenters. The summed E-state index contributed by atoms with van der Waals surface area (Å²) in [5.74, 6) is -0.817. The molecule has 1 atom stereocenters. The van der Waals surface area contributed by atoms with E-state index in [9.17, 15) is 9.18 Å². The minimum absolute atomic E-state index is 0.276. The van der Waals surface area contributed by atoms with Gasteiger partial charge in [-0.15, -0.1) is 0 Å². The monoisotopic (exact) mass is 332 g/mol. The van der Waals surface area contributed by atoms with Crippen molar-refractivity contribution in [3.63, 3.8) is 0 Å². The zero-order valence-electron chi connectivity index (χ0n) is 12.3. The molecular formula is C17H14ClFN2O2. The van der Waals surface area contributed by atoms with Gasteiger partial charge in [0.05, 0.1) is 5.71 Å². The lowest BCUT2D eigenvalue weighted by Gasteiger charge is -2.20. The summed E-state index contributed by atoms with van der Waals surface area (Å²) >= 11 is 6.15. The van der Waals surface area contributed by atoms with Crippen LogP contribution in [0.25, 0.3) is 0 Å². The van der Waals surface area contributed by atoms with Gasteiger partial charge in [0.15, 0.2) is 0 Å². The largest absolute Gasteiger partial charge is 0.379 e. The minimum atomic E-state index is -1.17. The van der Waals surface area contributed by atoms with E-state index in [0.29, 0.717) is 16.4 Å². The first-order chi connectivity index (χ1) is 11.0. The zero-order valence-corrected chi connectivity index (χ0v) is 13.1. The van der Waals surface area contributed by atoms with Crippen molar-refractivity contribution in [2.45, 2.75) is 18.9 Å². The Bertz CT molecular complexity index is 794. The molecule has 0 radical (unpaired) electrons. The summed E-state index contributed by atoms with van der Waals surface area (Å²) in [6.07, 6.45) is 0.276. The van der Waals surface area contributed by atoms with E-state index in [4.69, 9.17) is 16.4 Å². The maximum absolute atomic E-state index is 13.2. The van der Waals surface area contributed by atoms with E-state index in [1.54, 1.807) is 19.1 Å². The summed E-state index contributed by atoms with van der Waals surface area (Å²) in [4.78, 5) is 17.8. The number of hydrogen-bond acceptors (Lipinski definition) is 3. The van der Waals surface area contributed by atoms with Crippen LogP contribution in [0.4, 0.5) is 10.1 Å². The molecule has 0 aliphatic carbocycles. The van der Waals surface area contributed by atoms with Crippen molar-refractivity contribution in [2.24, 2.45) is 5.16 Å². The van der Waals surface area contributed by atoms with Gasteiger partial charge in [-0.2, -0.15) is 0 Å². The molecule has 0 bridgehead atoms. The first-order valence-electron chi connectivity index (χ1n) is 7.05. The molecule has 1 amide bonds. The van der Waals surface area contributed by atoms with E-state index in [1.807, 2.05) is 18.2 Å². The van der Waals surface area contributed by atoms with Crippen LogP contribution in [0.3, 0.4) is 0 Å². The molecule has 0 saturated carbocycles. The molecule has 0 fully saturated rings. The van der Waals surface area contributed by atoms with E-state index in [0.717, 1.165) is 5.56 Å². The van der Waals surface area contributed by atoms with Crippen LogP contribution in [0.15, 0.2) is 53.7 Å². The molecule has 2 aromatic rings. The van der Waals surface area contributed by atoms with Crippen LogP contribution in [0.1, 0.15) is 18.9 Å². The van der Waals surface area contributed by atoms with E-state index in [1.165, 1.54) is 18.2 Å². The highest BCUT2D eigenvalue weighted by Crippen LogP contribution is 2.30. The van der Waals surface area contributed by atoms with Crippen LogP contribution >= 0.6 is 11.6 Å². The fraction of sp³-hybridized carbons (Fsp3) is 0.176. The highest BCUT2D eigenvalue weighted by Gasteiger charge is 2.42. The number of carbonyl (C=O) groups excluding carboxylic acids is 1. The van der Waals surface area contributed by atoms with Crippen LogP contribution < -0.4 is 5.32 Å². The van der Waals surface area contributed by atoms with Gasteiger partial charge in [-0.3, -0.25) is 4.79 Å². The topological polar surface area (TPSA) is 50.7 Å². The zero-order chi connectivity index (χ0) is 16.4. The van der Waals surface area contributed by atoms with Crippen molar-refractivity contribution in [1.29, 1.82) is 0 Å². The molecule has 4 nitrogen and oxygen atoms in total. The molecule has 1 aliphatic rings. The third-order valence-corrected chi connectivity index (χ3v) is 3.94. The molecule has 23 heavy (non-hydrogen) atoms. The van der Waals surface area contributed by atoms with Gasteiger partial charge in [-0.25, -0.2) is 4.39 Å². The van der Waals surface area contributed by atoms with Crippen LogP contribution in [-0.2, 0) is 9.63 Å². The Morgan fingerprint density at radius 1 is 1.30 bits per heavy atom. The normalized spacial score (nSPS) is 19.9. The Kier molecular flexibility index (Phi) is 4.05. The number of carbonyl (C=O) groups is 1. The van der Waals surface area contributed by atoms with E-state index < -0.39 is 17.3 Å². The van der Waals surface area contributed by atoms with Crippen molar-refractivity contribution in [2.75, 3.05) is 5.32 Å². The van der Waals surface area contributed by atoms with Gasteiger partial charge in [0, 0.05) is 22.7 Å². The Labute approximate surface area is 137 Å². The van der Waals surface area contributed by atoms with Crippen LogP contribution in [0.2, 0.25) is 5.02 Å². The Morgan fingerprint density at radius 2 is 2.09 bits per heavy atom. The molecule has 1 heterocycles. The van der Waals surface area contributed by atoms with E-state index in [2.05, 4.69) is 10.5 Å². The average Bonchev–Trinajstić information content (AvgIpc) is 2.91. The Balaban J connectivity index is 1.74. The fourth-order valence-corrected chi connectivity index (χ4v) is 2.58. The first kappa shape index (κ1) is 15.5. The SMILES string of the molecule is C[C@]1(C(=O)Nc2cccc(F)c2)CC(c2ccccc2Cl)=NO1. The first-order valence-corrected chi connectivity index (χ1v) is 7.43. The molecule has 6 heteroatoms. The lowest BCUT2D eigenvalue weighted by Crippen LogP contribution is -2.40. The van der Waals surface area contributed by atoms with E-state index >= 15 is 0 Å². The van der Waals surface area contributed by atoms with Crippen molar-refractivity contribution in [3.8, 4) is 0 Å². The summed E-state index contributed by atoms with van der Waals surface area (Å²) in [7, 11) is 0. The summed E-state index contributed by atoms with van der Waals surface area (Å²) in [6.45, 7) is 1.63. The number of halogens is 2. The van der Waals surface area contributed by atoms with Crippen LogP contribution in [-0.4, -0.2) is 17.2 Å². The molecular weight excluding hydrogens is 319 g/mol. The Morgan fingerprint density at radius 3 is 2.83 bits per heavy atom. The van der Waals surface area contributed by atoms with Gasteiger partial charge in [-0.05, 0) is 31.2 Å². The second kappa shape index (κ2) is 6.01. The molecule has 0 saturated heterocycles. The summed E-state index contributed by atoms with van der Waals surface area (Å²) < 4.78 is 13.2. The van der Waals surface area contributed by atoms with Gasteiger partial charge in [-0.1, -0.05) is 41.0 Å². The van der Waals surface area contributed by atoms with Crippen molar-refractivity contribution < 1.29 is 14.0 Å². The predicted octanol–water partition coefficient (Wildman–Crippen LogP) is 4.00. The summed E-state index contributed by atoms with van der Waals surface area (Å²) in [5, 5.41) is 7.19. The highest BCUT2D eigenvalue weighted by atomic mass is 35.5. The fourth-order valence-electron chi connectivity index (χ4n) is 2.33. The molecule has 2 aromatic carbocycles. The van der Waals surface area contributed by atoms with Crippen LogP contribution in [0, 0.1) is 5.82 Å². The molecule has 1 aliphatic heterocycles. The van der Waals surface area contributed by atoms with Gasteiger partial charge in [0.2, 0.25) is 5.60 Å². The second-order valence-corrected chi connectivity index (χ2v) is 5.89. The Hall–Kier alpha value is -2.40. The number of rotatable bonds is 3. The summed E-state index contributed by atoms with van der Waals surface area (Å²) in [6, 6.07) is 12.9. The maximum Gasteiger partial charge on any atom is 0.271 e. The number of nitrogens with one attached hydrogen (secondary N) is 1. The van der Waals surface area contributed by atoms with E-state index in [-0.39, 0.29) is 6.42 Å². The highest BCUT2D eigenvalue weighted by molar-refractivity contribution is 6.34. The molecule has 3 rings (SSSR count). The number of nitrogens with zero attached hydrogens (tertiary/aromatic N) is 1. The number of amides is 1. The van der Waals surface area contributed by atoms with Crippen molar-refractivity contribution in [1.82, 2.24) is 0 Å². The molecule has 1 N–H and O–H groups in total. The van der Waals surface area contributed by atoms with Crippen LogP contribution in [0.5, 0.6) is 0 Å². The predicted molar refractivity (Wildman–Crippen MR) is 87.1 cm³/mol. The number of oxime groups is 1. The smallest absolute Gasteiger partial charge is 0.271 e. The lowest BCUT2D eigenvalue weighted by atomic mass is 9.95. The van der Waals surface area contributed by atoms with Gasteiger partial charge >= 0.3 is 0 Å². The number of anilines is 1. The van der Waals surface area contributed by atoms with Crippen molar-refractivity contribution in [3.05, 3.63) is 64.9 Å². The average molecular weight is 333 g/mol. The van der Waals surface area contributed by atoms with Gasteiger partial charge in [0.1, 0.15) is 5.82 Å². The third-order valence-electron chi connectivity index (χ3n) is 3.61. The minimum Gasteiger partial charge on any atom is -0.379 e.